The lowest BCUT2D eigenvalue weighted by Crippen LogP contribution is -2.49. The van der Waals surface area contributed by atoms with Crippen molar-refractivity contribution in [1.29, 1.82) is 0 Å². The molecule has 1 amide bonds. The summed E-state index contributed by atoms with van der Waals surface area (Å²) in [6.07, 6.45) is 1.13. The van der Waals surface area contributed by atoms with Crippen LogP contribution in [0.1, 0.15) is 18.9 Å². The summed E-state index contributed by atoms with van der Waals surface area (Å²) in [5.41, 5.74) is 1.36. The van der Waals surface area contributed by atoms with Crippen LogP contribution in [0.3, 0.4) is 0 Å². The van der Waals surface area contributed by atoms with Gasteiger partial charge in [-0.05, 0) is 18.5 Å². The van der Waals surface area contributed by atoms with E-state index in [4.69, 9.17) is 0 Å². The molecule has 1 aliphatic heterocycles. The molecule has 1 aliphatic rings. The molecule has 1 aromatic rings. The number of hydrogen-bond acceptors (Lipinski definition) is 4. The van der Waals surface area contributed by atoms with E-state index in [-0.39, 0.29) is 5.91 Å². The molecule has 0 unspecified atom stereocenters. The first-order valence-electron chi connectivity index (χ1n) is 8.74. The molecule has 0 spiro atoms. The molecule has 23 heavy (non-hydrogen) atoms. The molecule has 0 radical (unpaired) electrons. The molecule has 1 fully saturated rings. The fourth-order valence-corrected chi connectivity index (χ4v) is 2.80. The fourth-order valence-electron chi connectivity index (χ4n) is 2.80. The van der Waals surface area contributed by atoms with Crippen molar-refractivity contribution >= 4 is 5.91 Å². The summed E-state index contributed by atoms with van der Waals surface area (Å²) in [7, 11) is 0. The maximum atomic E-state index is 11.9. The number of carbonyl (C=O) groups is 1. The van der Waals surface area contributed by atoms with E-state index in [1.165, 1.54) is 5.56 Å². The maximum Gasteiger partial charge on any atom is 0.234 e. The maximum absolute atomic E-state index is 11.9. The van der Waals surface area contributed by atoms with Gasteiger partial charge in [0.1, 0.15) is 0 Å². The average Bonchev–Trinajstić information content (AvgIpc) is 2.57. The van der Waals surface area contributed by atoms with Crippen molar-refractivity contribution in [3.8, 4) is 0 Å². The molecular formula is C18H30N4O. The van der Waals surface area contributed by atoms with Crippen LogP contribution in [0.15, 0.2) is 30.3 Å². The lowest BCUT2D eigenvalue weighted by Gasteiger charge is -2.34. The SMILES string of the molecule is CCCNCCNC(=O)CN1CCN(Cc2ccccc2)CC1. The Labute approximate surface area is 140 Å². The molecule has 2 N–H and O–H groups in total. The summed E-state index contributed by atoms with van der Waals surface area (Å²) in [4.78, 5) is 16.6. The molecule has 0 saturated carbocycles. The van der Waals surface area contributed by atoms with Gasteiger partial charge in [0, 0.05) is 45.8 Å². The number of nitrogens with zero attached hydrogens (tertiary/aromatic N) is 2. The van der Waals surface area contributed by atoms with E-state index in [9.17, 15) is 4.79 Å². The van der Waals surface area contributed by atoms with Crippen molar-refractivity contribution in [1.82, 2.24) is 20.4 Å². The predicted octanol–water partition coefficient (Wildman–Crippen LogP) is 0.920. The minimum Gasteiger partial charge on any atom is -0.354 e. The summed E-state index contributed by atoms with van der Waals surface area (Å²) in [6, 6.07) is 10.6. The van der Waals surface area contributed by atoms with E-state index in [1.54, 1.807) is 0 Å². The molecule has 0 aromatic heterocycles. The zero-order chi connectivity index (χ0) is 16.3. The molecule has 128 valence electrons. The van der Waals surface area contributed by atoms with E-state index in [0.29, 0.717) is 13.1 Å². The van der Waals surface area contributed by atoms with Crippen LogP contribution in [-0.2, 0) is 11.3 Å². The van der Waals surface area contributed by atoms with Crippen molar-refractivity contribution in [3.05, 3.63) is 35.9 Å². The van der Waals surface area contributed by atoms with Gasteiger partial charge in [-0.2, -0.15) is 0 Å². The lowest BCUT2D eigenvalue weighted by molar-refractivity contribution is -0.122. The Morgan fingerprint density at radius 3 is 2.39 bits per heavy atom. The van der Waals surface area contributed by atoms with Crippen molar-refractivity contribution in [2.45, 2.75) is 19.9 Å². The Balaban J connectivity index is 1.58. The monoisotopic (exact) mass is 318 g/mol. The summed E-state index contributed by atoms with van der Waals surface area (Å²) < 4.78 is 0. The topological polar surface area (TPSA) is 47.6 Å². The summed E-state index contributed by atoms with van der Waals surface area (Å²) >= 11 is 0. The number of piperazine rings is 1. The highest BCUT2D eigenvalue weighted by Gasteiger charge is 2.18. The average molecular weight is 318 g/mol. The zero-order valence-electron chi connectivity index (χ0n) is 14.3. The van der Waals surface area contributed by atoms with E-state index < -0.39 is 0 Å². The van der Waals surface area contributed by atoms with Gasteiger partial charge in [0.15, 0.2) is 0 Å². The molecule has 0 aliphatic carbocycles. The van der Waals surface area contributed by atoms with E-state index >= 15 is 0 Å². The number of carbonyl (C=O) groups excluding carboxylic acids is 1. The second-order valence-electron chi connectivity index (χ2n) is 6.14. The normalized spacial score (nSPS) is 16.4. The van der Waals surface area contributed by atoms with Crippen molar-refractivity contribution in [3.63, 3.8) is 0 Å². The minimum atomic E-state index is 0.139. The van der Waals surface area contributed by atoms with Gasteiger partial charge in [-0.15, -0.1) is 0 Å². The van der Waals surface area contributed by atoms with Gasteiger partial charge in [-0.3, -0.25) is 14.6 Å². The molecule has 0 bridgehead atoms. The molecule has 2 rings (SSSR count). The first kappa shape index (κ1) is 17.9. The lowest BCUT2D eigenvalue weighted by atomic mass is 10.2. The molecule has 0 atom stereocenters. The van der Waals surface area contributed by atoms with Crippen molar-refractivity contribution in [2.75, 3.05) is 52.4 Å². The molecule has 5 heteroatoms. The Kier molecular flexibility index (Phi) is 8.07. The molecule has 1 aromatic carbocycles. The van der Waals surface area contributed by atoms with Crippen LogP contribution in [-0.4, -0.2) is 68.1 Å². The molecule has 1 heterocycles. The van der Waals surface area contributed by atoms with E-state index in [2.05, 4.69) is 57.7 Å². The Morgan fingerprint density at radius 1 is 1.00 bits per heavy atom. The number of benzene rings is 1. The van der Waals surface area contributed by atoms with Crippen LogP contribution in [0.5, 0.6) is 0 Å². The molecule has 5 nitrogen and oxygen atoms in total. The Hall–Kier alpha value is -1.43. The first-order chi connectivity index (χ1) is 11.3. The van der Waals surface area contributed by atoms with Crippen LogP contribution < -0.4 is 10.6 Å². The second kappa shape index (κ2) is 10.4. The largest absolute Gasteiger partial charge is 0.354 e. The van der Waals surface area contributed by atoms with E-state index in [1.807, 2.05) is 0 Å². The third-order valence-corrected chi connectivity index (χ3v) is 4.13. The number of nitrogens with one attached hydrogen (secondary N) is 2. The summed E-state index contributed by atoms with van der Waals surface area (Å²) in [5.74, 6) is 0.139. The minimum absolute atomic E-state index is 0.139. The third kappa shape index (κ3) is 7.12. The van der Waals surface area contributed by atoms with Gasteiger partial charge in [0.25, 0.3) is 0 Å². The highest BCUT2D eigenvalue weighted by atomic mass is 16.2. The van der Waals surface area contributed by atoms with Gasteiger partial charge >= 0.3 is 0 Å². The van der Waals surface area contributed by atoms with Gasteiger partial charge in [-0.1, -0.05) is 37.3 Å². The van der Waals surface area contributed by atoms with E-state index in [0.717, 1.165) is 52.2 Å². The Bertz CT molecular complexity index is 444. The van der Waals surface area contributed by atoms with Crippen LogP contribution in [0.2, 0.25) is 0 Å². The molecular weight excluding hydrogens is 288 g/mol. The summed E-state index contributed by atoms with van der Waals surface area (Å²) in [6.45, 7) is 10.2. The Morgan fingerprint density at radius 2 is 1.70 bits per heavy atom. The third-order valence-electron chi connectivity index (χ3n) is 4.13. The van der Waals surface area contributed by atoms with Gasteiger partial charge in [0.05, 0.1) is 6.54 Å². The van der Waals surface area contributed by atoms with Crippen LogP contribution >= 0.6 is 0 Å². The quantitative estimate of drug-likeness (QED) is 0.665. The standard InChI is InChI=1S/C18H30N4O/c1-2-8-19-9-10-20-18(23)16-22-13-11-21(12-14-22)15-17-6-4-3-5-7-17/h3-7,19H,2,8-16H2,1H3,(H,20,23). The number of amides is 1. The zero-order valence-corrected chi connectivity index (χ0v) is 14.3. The van der Waals surface area contributed by atoms with Gasteiger partial charge in [0.2, 0.25) is 5.91 Å². The second-order valence-corrected chi connectivity index (χ2v) is 6.14. The van der Waals surface area contributed by atoms with Crippen LogP contribution in [0.4, 0.5) is 0 Å². The van der Waals surface area contributed by atoms with Crippen LogP contribution in [0.25, 0.3) is 0 Å². The first-order valence-corrected chi connectivity index (χ1v) is 8.74. The highest BCUT2D eigenvalue weighted by molar-refractivity contribution is 5.78. The predicted molar refractivity (Wildman–Crippen MR) is 94.3 cm³/mol. The number of hydrogen-bond donors (Lipinski definition) is 2. The number of rotatable bonds is 9. The van der Waals surface area contributed by atoms with Crippen LogP contribution in [0, 0.1) is 0 Å². The molecule has 1 saturated heterocycles. The van der Waals surface area contributed by atoms with Crippen molar-refractivity contribution < 1.29 is 4.79 Å². The fraction of sp³-hybridized carbons (Fsp3) is 0.611. The highest BCUT2D eigenvalue weighted by Crippen LogP contribution is 2.08. The van der Waals surface area contributed by atoms with Gasteiger partial charge in [-0.25, -0.2) is 0 Å². The van der Waals surface area contributed by atoms with Crippen molar-refractivity contribution in [2.24, 2.45) is 0 Å². The summed E-state index contributed by atoms with van der Waals surface area (Å²) in [5, 5.41) is 6.27. The van der Waals surface area contributed by atoms with Gasteiger partial charge < -0.3 is 10.6 Å². The smallest absolute Gasteiger partial charge is 0.234 e.